The van der Waals surface area contributed by atoms with Crippen LogP contribution in [0.1, 0.15) is 17.9 Å². The SMILES string of the molecule is Nc1csc(S(=O)(=O)N2CCC(c3ccccc3)C2)c1. The van der Waals surface area contributed by atoms with E-state index in [4.69, 9.17) is 5.73 Å². The third-order valence-electron chi connectivity index (χ3n) is 3.61. The van der Waals surface area contributed by atoms with Gasteiger partial charge < -0.3 is 5.73 Å². The zero-order valence-corrected chi connectivity index (χ0v) is 12.5. The first-order valence-corrected chi connectivity index (χ1v) is 8.78. The summed E-state index contributed by atoms with van der Waals surface area (Å²) in [7, 11) is -3.39. The van der Waals surface area contributed by atoms with E-state index in [2.05, 4.69) is 12.1 Å². The number of nitrogens with two attached hydrogens (primary N) is 1. The van der Waals surface area contributed by atoms with Gasteiger partial charge in [0.25, 0.3) is 10.0 Å². The highest BCUT2D eigenvalue weighted by Crippen LogP contribution is 2.33. The first-order chi connectivity index (χ1) is 9.57. The molecule has 3 rings (SSSR count). The molecular formula is C14H16N2O2S2. The summed E-state index contributed by atoms with van der Waals surface area (Å²) in [5.41, 5.74) is 7.33. The first kappa shape index (κ1) is 13.6. The highest BCUT2D eigenvalue weighted by molar-refractivity contribution is 7.91. The van der Waals surface area contributed by atoms with Gasteiger partial charge in [-0.3, -0.25) is 0 Å². The quantitative estimate of drug-likeness (QED) is 0.947. The summed E-state index contributed by atoms with van der Waals surface area (Å²) in [4.78, 5) is 0. The maximum absolute atomic E-state index is 12.5. The van der Waals surface area contributed by atoms with Crippen LogP contribution in [0.15, 0.2) is 46.0 Å². The second-order valence-corrected chi connectivity index (χ2v) is 8.03. The third-order valence-corrected chi connectivity index (χ3v) is 6.91. The van der Waals surface area contributed by atoms with Crippen molar-refractivity contribution in [1.29, 1.82) is 0 Å². The van der Waals surface area contributed by atoms with Gasteiger partial charge in [-0.05, 0) is 24.0 Å². The van der Waals surface area contributed by atoms with Crippen LogP contribution in [0.4, 0.5) is 5.69 Å². The van der Waals surface area contributed by atoms with Gasteiger partial charge in [0.2, 0.25) is 0 Å². The van der Waals surface area contributed by atoms with Crippen molar-refractivity contribution in [3.63, 3.8) is 0 Å². The third kappa shape index (κ3) is 2.46. The van der Waals surface area contributed by atoms with E-state index < -0.39 is 10.0 Å². The van der Waals surface area contributed by atoms with Crippen LogP contribution in [0.25, 0.3) is 0 Å². The Labute approximate surface area is 122 Å². The Bertz CT molecular complexity index is 695. The number of anilines is 1. The Kier molecular flexibility index (Phi) is 3.54. The van der Waals surface area contributed by atoms with Crippen molar-refractivity contribution in [3.05, 3.63) is 47.3 Å². The summed E-state index contributed by atoms with van der Waals surface area (Å²) in [6.45, 7) is 1.11. The van der Waals surface area contributed by atoms with Gasteiger partial charge in [-0.25, -0.2) is 8.42 Å². The van der Waals surface area contributed by atoms with Crippen molar-refractivity contribution in [2.45, 2.75) is 16.5 Å². The van der Waals surface area contributed by atoms with Gasteiger partial charge in [0, 0.05) is 24.2 Å². The molecule has 1 aromatic heterocycles. The van der Waals surface area contributed by atoms with Crippen molar-refractivity contribution >= 4 is 27.0 Å². The Hall–Kier alpha value is -1.37. The van der Waals surface area contributed by atoms with Crippen LogP contribution >= 0.6 is 11.3 Å². The average molecular weight is 308 g/mol. The van der Waals surface area contributed by atoms with Crippen molar-refractivity contribution in [1.82, 2.24) is 4.31 Å². The van der Waals surface area contributed by atoms with E-state index in [1.165, 1.54) is 23.0 Å². The van der Waals surface area contributed by atoms with Crippen molar-refractivity contribution in [2.75, 3.05) is 18.8 Å². The normalized spacial score (nSPS) is 20.3. The zero-order valence-electron chi connectivity index (χ0n) is 10.9. The van der Waals surface area contributed by atoms with E-state index in [0.717, 1.165) is 6.42 Å². The molecule has 0 saturated carbocycles. The van der Waals surface area contributed by atoms with Crippen molar-refractivity contribution in [3.8, 4) is 0 Å². The molecule has 1 atom stereocenters. The predicted molar refractivity (Wildman–Crippen MR) is 81.3 cm³/mol. The van der Waals surface area contributed by atoms with E-state index in [0.29, 0.717) is 23.0 Å². The Morgan fingerprint density at radius 3 is 2.65 bits per heavy atom. The summed E-state index contributed by atoms with van der Waals surface area (Å²) in [5, 5.41) is 1.66. The fraction of sp³-hybridized carbons (Fsp3) is 0.286. The van der Waals surface area contributed by atoms with Crippen molar-refractivity contribution in [2.24, 2.45) is 0 Å². The molecule has 20 heavy (non-hydrogen) atoms. The van der Waals surface area contributed by atoms with Crippen LogP contribution in [-0.4, -0.2) is 25.8 Å². The number of nitrogens with zero attached hydrogens (tertiary/aromatic N) is 1. The van der Waals surface area contributed by atoms with Crippen LogP contribution in [0.5, 0.6) is 0 Å². The molecule has 106 valence electrons. The number of sulfonamides is 1. The summed E-state index contributed by atoms with van der Waals surface area (Å²) >= 11 is 1.19. The standard InChI is InChI=1S/C14H16N2O2S2/c15-13-8-14(19-10-13)20(17,18)16-7-6-12(9-16)11-4-2-1-3-5-11/h1-5,8,10,12H,6-7,9,15H2. The van der Waals surface area contributed by atoms with E-state index >= 15 is 0 Å². The molecule has 0 spiro atoms. The summed E-state index contributed by atoms with van der Waals surface area (Å²) in [6, 6.07) is 11.6. The molecule has 4 nitrogen and oxygen atoms in total. The van der Waals surface area contributed by atoms with Gasteiger partial charge in [-0.15, -0.1) is 11.3 Å². The monoisotopic (exact) mass is 308 g/mol. The molecule has 1 saturated heterocycles. The predicted octanol–water partition coefficient (Wildman–Crippen LogP) is 2.51. The molecule has 1 aromatic carbocycles. The number of hydrogen-bond acceptors (Lipinski definition) is 4. The highest BCUT2D eigenvalue weighted by Gasteiger charge is 2.33. The Morgan fingerprint density at radius 2 is 2.00 bits per heavy atom. The van der Waals surface area contributed by atoms with Gasteiger partial charge >= 0.3 is 0 Å². The van der Waals surface area contributed by atoms with E-state index in [1.807, 2.05) is 18.2 Å². The van der Waals surface area contributed by atoms with Crippen LogP contribution in [0.3, 0.4) is 0 Å². The molecule has 0 aliphatic carbocycles. The Morgan fingerprint density at radius 1 is 1.25 bits per heavy atom. The van der Waals surface area contributed by atoms with Gasteiger partial charge in [0.05, 0.1) is 0 Å². The van der Waals surface area contributed by atoms with Crippen LogP contribution in [0.2, 0.25) is 0 Å². The second kappa shape index (κ2) is 5.20. The largest absolute Gasteiger partial charge is 0.398 e. The maximum atomic E-state index is 12.5. The fourth-order valence-corrected chi connectivity index (χ4v) is 5.27. The molecule has 1 unspecified atom stereocenters. The minimum Gasteiger partial charge on any atom is -0.398 e. The lowest BCUT2D eigenvalue weighted by Crippen LogP contribution is -2.28. The van der Waals surface area contributed by atoms with Crippen LogP contribution in [-0.2, 0) is 10.0 Å². The van der Waals surface area contributed by atoms with E-state index in [-0.39, 0.29) is 5.92 Å². The number of rotatable bonds is 3. The highest BCUT2D eigenvalue weighted by atomic mass is 32.2. The minimum absolute atomic E-state index is 0.281. The topological polar surface area (TPSA) is 63.4 Å². The van der Waals surface area contributed by atoms with Gasteiger partial charge in [0.1, 0.15) is 4.21 Å². The molecule has 0 bridgehead atoms. The average Bonchev–Trinajstić information content (AvgIpc) is 3.09. The molecule has 2 heterocycles. The smallest absolute Gasteiger partial charge is 0.252 e. The second-order valence-electron chi connectivity index (χ2n) is 4.96. The van der Waals surface area contributed by atoms with Crippen LogP contribution in [0, 0.1) is 0 Å². The maximum Gasteiger partial charge on any atom is 0.252 e. The zero-order chi connectivity index (χ0) is 14.2. The molecule has 1 aliphatic heterocycles. The molecule has 1 aliphatic rings. The van der Waals surface area contributed by atoms with Gasteiger partial charge in [0.15, 0.2) is 0 Å². The van der Waals surface area contributed by atoms with Crippen molar-refractivity contribution < 1.29 is 8.42 Å². The lowest BCUT2D eigenvalue weighted by atomic mass is 9.99. The molecule has 0 amide bonds. The van der Waals surface area contributed by atoms with Crippen LogP contribution < -0.4 is 5.73 Å². The summed E-state index contributed by atoms with van der Waals surface area (Å²) in [5.74, 6) is 0.281. The fourth-order valence-electron chi connectivity index (χ4n) is 2.54. The van der Waals surface area contributed by atoms with Gasteiger partial charge in [-0.2, -0.15) is 4.31 Å². The molecular weight excluding hydrogens is 292 g/mol. The molecule has 1 fully saturated rings. The molecule has 2 N–H and O–H groups in total. The van der Waals surface area contributed by atoms with E-state index in [9.17, 15) is 8.42 Å². The number of thiophene rings is 1. The lowest BCUT2D eigenvalue weighted by molar-refractivity contribution is 0.474. The number of hydrogen-bond donors (Lipinski definition) is 1. The number of nitrogen functional groups attached to an aromatic ring is 1. The first-order valence-electron chi connectivity index (χ1n) is 6.46. The lowest BCUT2D eigenvalue weighted by Gasteiger charge is -2.15. The Balaban J connectivity index is 1.80. The summed E-state index contributed by atoms with van der Waals surface area (Å²) in [6.07, 6.45) is 0.865. The molecule has 0 radical (unpaired) electrons. The molecule has 2 aromatic rings. The number of benzene rings is 1. The minimum atomic E-state index is -3.39. The molecule has 6 heteroatoms. The summed E-state index contributed by atoms with van der Waals surface area (Å²) < 4.78 is 26.9. The van der Waals surface area contributed by atoms with Gasteiger partial charge in [-0.1, -0.05) is 30.3 Å². The van der Waals surface area contributed by atoms with E-state index in [1.54, 1.807) is 9.69 Å².